The lowest BCUT2D eigenvalue weighted by Crippen LogP contribution is -2.39. The van der Waals surface area contributed by atoms with Gasteiger partial charge in [-0.3, -0.25) is 4.79 Å². The fourth-order valence-electron chi connectivity index (χ4n) is 2.48. The Labute approximate surface area is 170 Å². The first-order valence-corrected chi connectivity index (χ1v) is 7.96. The van der Waals surface area contributed by atoms with Crippen LogP contribution in [0.5, 0.6) is 0 Å². The average Bonchev–Trinajstić information content (AvgIpc) is 3.30. The maximum atomic E-state index is 13.5. The van der Waals surface area contributed by atoms with E-state index >= 15 is 0 Å². The summed E-state index contributed by atoms with van der Waals surface area (Å²) >= 11 is 5.91. The Balaban J connectivity index is 0.00000182. The molecule has 6 nitrogen and oxygen atoms in total. The molecule has 27 heavy (non-hydrogen) atoms. The van der Waals surface area contributed by atoms with Crippen LogP contribution in [0.1, 0.15) is 28.9 Å². The lowest BCUT2D eigenvalue weighted by Gasteiger charge is -2.14. The number of pyridine rings is 1. The van der Waals surface area contributed by atoms with E-state index in [1.54, 1.807) is 0 Å². The Morgan fingerprint density at radius 1 is 1.41 bits per heavy atom. The second kappa shape index (κ2) is 9.09. The molecule has 0 aromatic carbocycles. The molecular formula is C15H17Cl3F3N5O. The van der Waals surface area contributed by atoms with Crippen LogP contribution in [-0.4, -0.2) is 33.3 Å². The normalized spacial score (nSPS) is 14.7. The quantitative estimate of drug-likeness (QED) is 0.738. The van der Waals surface area contributed by atoms with Crippen LogP contribution >= 0.6 is 36.4 Å². The Morgan fingerprint density at radius 2 is 2.07 bits per heavy atom. The number of carbonyl (C=O) groups is 1. The molecule has 12 heteroatoms. The number of hydrogen-bond donors (Lipinski definition) is 2. The zero-order valence-electron chi connectivity index (χ0n) is 13.7. The molecule has 2 heterocycles. The summed E-state index contributed by atoms with van der Waals surface area (Å²) in [5, 5.41) is 6.09. The van der Waals surface area contributed by atoms with Crippen molar-refractivity contribution in [1.29, 1.82) is 0 Å². The summed E-state index contributed by atoms with van der Waals surface area (Å²) in [5.74, 6) is -0.774. The van der Waals surface area contributed by atoms with Gasteiger partial charge in [-0.25, -0.2) is 9.67 Å². The van der Waals surface area contributed by atoms with Crippen molar-refractivity contribution in [1.82, 2.24) is 20.1 Å². The van der Waals surface area contributed by atoms with Crippen LogP contribution < -0.4 is 11.1 Å². The third kappa shape index (κ3) is 5.25. The van der Waals surface area contributed by atoms with Gasteiger partial charge in [0, 0.05) is 18.8 Å². The molecule has 1 amide bonds. The Bertz CT molecular complexity index is 795. The van der Waals surface area contributed by atoms with Crippen LogP contribution in [0.15, 0.2) is 24.5 Å². The molecule has 2 aromatic rings. The van der Waals surface area contributed by atoms with Crippen molar-refractivity contribution in [3.05, 3.63) is 40.8 Å². The predicted octanol–water partition coefficient (Wildman–Crippen LogP) is 3.25. The molecule has 0 radical (unpaired) electrons. The van der Waals surface area contributed by atoms with E-state index in [1.807, 2.05) is 0 Å². The van der Waals surface area contributed by atoms with Crippen LogP contribution in [0.2, 0.25) is 5.02 Å². The van der Waals surface area contributed by atoms with E-state index in [0.717, 1.165) is 19.0 Å². The van der Waals surface area contributed by atoms with Crippen LogP contribution in [0.4, 0.5) is 13.2 Å². The molecule has 2 aromatic heterocycles. The van der Waals surface area contributed by atoms with Gasteiger partial charge in [0.1, 0.15) is 0 Å². The SMILES string of the molecule is Cl.Cl.NC(CNC(=O)c1cnn(-c2ncccc2Cl)c1C(F)(F)F)C1CC1. The molecule has 1 unspecified atom stereocenters. The summed E-state index contributed by atoms with van der Waals surface area (Å²) in [4.78, 5) is 16.0. The first-order chi connectivity index (χ1) is 11.8. The monoisotopic (exact) mass is 445 g/mol. The number of amides is 1. The molecule has 1 aliphatic rings. The van der Waals surface area contributed by atoms with Crippen molar-refractivity contribution < 1.29 is 18.0 Å². The van der Waals surface area contributed by atoms with E-state index in [4.69, 9.17) is 17.3 Å². The molecule has 1 atom stereocenters. The summed E-state index contributed by atoms with van der Waals surface area (Å²) in [6.07, 6.45) is -0.728. The molecule has 0 saturated heterocycles. The van der Waals surface area contributed by atoms with Crippen LogP contribution in [0, 0.1) is 5.92 Å². The smallest absolute Gasteiger partial charge is 0.350 e. The van der Waals surface area contributed by atoms with E-state index in [0.29, 0.717) is 10.6 Å². The number of nitrogens with zero attached hydrogens (tertiary/aromatic N) is 3. The molecular weight excluding hydrogens is 430 g/mol. The van der Waals surface area contributed by atoms with Crippen molar-refractivity contribution in [2.45, 2.75) is 25.1 Å². The zero-order valence-corrected chi connectivity index (χ0v) is 16.1. The maximum Gasteiger partial charge on any atom is 0.434 e. The van der Waals surface area contributed by atoms with Crippen molar-refractivity contribution in [3.8, 4) is 5.82 Å². The van der Waals surface area contributed by atoms with Crippen molar-refractivity contribution in [3.63, 3.8) is 0 Å². The standard InChI is InChI=1S/C15H15ClF3N5O.2ClH/c16-10-2-1-5-21-13(10)24-12(15(17,18)19)9(6-23-24)14(25)22-7-11(20)8-3-4-8;;/h1-2,5-6,8,11H,3-4,7,20H2,(H,22,25);2*1H. The number of alkyl halides is 3. The number of rotatable bonds is 5. The number of carbonyl (C=O) groups excluding carboxylic acids is 1. The maximum absolute atomic E-state index is 13.5. The minimum absolute atomic E-state index is 0. The average molecular weight is 447 g/mol. The minimum atomic E-state index is -4.82. The summed E-state index contributed by atoms with van der Waals surface area (Å²) in [6, 6.07) is 2.61. The highest BCUT2D eigenvalue weighted by Crippen LogP contribution is 2.35. The van der Waals surface area contributed by atoms with Crippen LogP contribution in [0.3, 0.4) is 0 Å². The fourth-order valence-corrected chi connectivity index (χ4v) is 2.68. The largest absolute Gasteiger partial charge is 0.434 e. The zero-order chi connectivity index (χ0) is 18.2. The van der Waals surface area contributed by atoms with Gasteiger partial charge >= 0.3 is 6.18 Å². The summed E-state index contributed by atoms with van der Waals surface area (Å²) in [5.41, 5.74) is 4.03. The van der Waals surface area contributed by atoms with Crippen molar-refractivity contribution >= 4 is 42.3 Å². The molecule has 1 saturated carbocycles. The van der Waals surface area contributed by atoms with Gasteiger partial charge in [-0.05, 0) is 30.9 Å². The summed E-state index contributed by atoms with van der Waals surface area (Å²) in [6.45, 7) is 0.107. The van der Waals surface area contributed by atoms with Gasteiger partial charge < -0.3 is 11.1 Å². The van der Waals surface area contributed by atoms with E-state index in [2.05, 4.69) is 15.4 Å². The van der Waals surface area contributed by atoms with E-state index in [1.165, 1.54) is 18.3 Å². The lowest BCUT2D eigenvalue weighted by molar-refractivity contribution is -0.143. The highest BCUT2D eigenvalue weighted by molar-refractivity contribution is 6.32. The first kappa shape index (κ1) is 23.5. The summed E-state index contributed by atoms with van der Waals surface area (Å²) < 4.78 is 41.1. The van der Waals surface area contributed by atoms with Crippen LogP contribution in [0.25, 0.3) is 5.82 Å². The summed E-state index contributed by atoms with van der Waals surface area (Å²) in [7, 11) is 0. The molecule has 0 aliphatic heterocycles. The van der Waals surface area contributed by atoms with Gasteiger partial charge in [0.25, 0.3) is 5.91 Å². The Hall–Kier alpha value is -1.55. The van der Waals surface area contributed by atoms with E-state index in [-0.39, 0.29) is 48.2 Å². The van der Waals surface area contributed by atoms with Crippen LogP contribution in [-0.2, 0) is 6.18 Å². The highest BCUT2D eigenvalue weighted by atomic mass is 35.5. The van der Waals surface area contributed by atoms with E-state index in [9.17, 15) is 18.0 Å². The topological polar surface area (TPSA) is 85.8 Å². The van der Waals surface area contributed by atoms with Gasteiger partial charge in [0.15, 0.2) is 11.5 Å². The number of aromatic nitrogens is 3. The number of nitrogens with two attached hydrogens (primary N) is 1. The molecule has 3 rings (SSSR count). The van der Waals surface area contributed by atoms with Gasteiger partial charge in [0.2, 0.25) is 0 Å². The Kier molecular flexibility index (Phi) is 7.91. The minimum Gasteiger partial charge on any atom is -0.350 e. The Morgan fingerprint density at radius 3 is 2.63 bits per heavy atom. The second-order valence-electron chi connectivity index (χ2n) is 5.84. The van der Waals surface area contributed by atoms with Gasteiger partial charge in [-0.1, -0.05) is 11.6 Å². The third-order valence-electron chi connectivity index (χ3n) is 3.95. The first-order valence-electron chi connectivity index (χ1n) is 7.59. The highest BCUT2D eigenvalue weighted by Gasteiger charge is 2.41. The molecule has 0 bridgehead atoms. The van der Waals surface area contributed by atoms with Crippen molar-refractivity contribution in [2.24, 2.45) is 11.7 Å². The molecule has 0 spiro atoms. The molecule has 3 N–H and O–H groups in total. The number of halogens is 6. The van der Waals surface area contributed by atoms with Gasteiger partial charge in [0.05, 0.1) is 16.8 Å². The fraction of sp³-hybridized carbons (Fsp3) is 0.400. The van der Waals surface area contributed by atoms with Crippen molar-refractivity contribution in [2.75, 3.05) is 6.54 Å². The number of hydrogen-bond acceptors (Lipinski definition) is 4. The molecule has 150 valence electrons. The van der Waals surface area contributed by atoms with Gasteiger partial charge in [-0.2, -0.15) is 18.3 Å². The third-order valence-corrected chi connectivity index (χ3v) is 4.24. The number of nitrogens with one attached hydrogen (secondary N) is 1. The van der Waals surface area contributed by atoms with E-state index < -0.39 is 23.3 Å². The molecule has 1 aliphatic carbocycles. The predicted molar refractivity (Wildman–Crippen MR) is 98.9 cm³/mol. The lowest BCUT2D eigenvalue weighted by atomic mass is 10.2. The van der Waals surface area contributed by atoms with Gasteiger partial charge in [-0.15, -0.1) is 24.8 Å². The molecule has 1 fully saturated rings. The second-order valence-corrected chi connectivity index (χ2v) is 6.24.